The number of fused-ring (bicyclic) bond motifs is 3. The second kappa shape index (κ2) is 7.78. The highest BCUT2D eigenvalue weighted by atomic mass is 32.2. The summed E-state index contributed by atoms with van der Waals surface area (Å²) in [6, 6.07) is 11.6. The van der Waals surface area contributed by atoms with Gasteiger partial charge in [-0.3, -0.25) is 4.79 Å². The molecule has 1 N–H and O–H groups in total. The predicted molar refractivity (Wildman–Crippen MR) is 115 cm³/mol. The summed E-state index contributed by atoms with van der Waals surface area (Å²) in [4.78, 5) is 14.6. The summed E-state index contributed by atoms with van der Waals surface area (Å²) in [6.07, 6.45) is 2.34. The standard InChI is InChI=1S/C20H20N2O3S2/c1-24-18-10-14-13-6-2-3-7-16(13)25-17(14)11-15(18)21-19(23)12-27-20(26)22-8-4-5-9-22/h2-3,6-7,10-11H,4-5,8-9,12H2,1H3,(H,21,23). The van der Waals surface area contributed by atoms with Crippen molar-refractivity contribution in [2.45, 2.75) is 12.8 Å². The van der Waals surface area contributed by atoms with Gasteiger partial charge in [0, 0.05) is 29.9 Å². The molecule has 140 valence electrons. The zero-order valence-electron chi connectivity index (χ0n) is 15.0. The second-order valence-corrected chi connectivity index (χ2v) is 8.05. The normalized spacial score (nSPS) is 14.0. The van der Waals surface area contributed by atoms with Crippen LogP contribution >= 0.6 is 24.0 Å². The van der Waals surface area contributed by atoms with Crippen molar-refractivity contribution in [1.82, 2.24) is 4.90 Å². The van der Waals surface area contributed by atoms with Crippen molar-refractivity contribution < 1.29 is 13.9 Å². The number of methoxy groups -OCH3 is 1. The third-order valence-electron chi connectivity index (χ3n) is 4.66. The van der Waals surface area contributed by atoms with E-state index in [0.717, 1.165) is 33.8 Å². The fourth-order valence-corrected chi connectivity index (χ4v) is 4.37. The van der Waals surface area contributed by atoms with E-state index in [9.17, 15) is 4.79 Å². The SMILES string of the molecule is COc1cc2c(cc1NC(=O)CSC(=S)N1CCCC1)oc1ccccc12. The summed E-state index contributed by atoms with van der Waals surface area (Å²) in [5.41, 5.74) is 2.12. The lowest BCUT2D eigenvalue weighted by Gasteiger charge is -2.17. The average Bonchev–Trinajstić information content (AvgIpc) is 3.33. The molecule has 0 unspecified atom stereocenters. The molecule has 0 bridgehead atoms. The first-order valence-corrected chi connectivity index (χ1v) is 10.3. The van der Waals surface area contributed by atoms with Gasteiger partial charge in [-0.25, -0.2) is 0 Å². The van der Waals surface area contributed by atoms with Gasteiger partial charge >= 0.3 is 0 Å². The Hall–Kier alpha value is -2.25. The van der Waals surface area contributed by atoms with Crippen LogP contribution in [-0.4, -0.2) is 41.1 Å². The molecule has 0 atom stereocenters. The van der Waals surface area contributed by atoms with E-state index in [-0.39, 0.29) is 11.7 Å². The number of carbonyl (C=O) groups is 1. The lowest BCUT2D eigenvalue weighted by Crippen LogP contribution is -2.25. The van der Waals surface area contributed by atoms with E-state index < -0.39 is 0 Å². The van der Waals surface area contributed by atoms with Gasteiger partial charge in [-0.1, -0.05) is 42.2 Å². The molecule has 0 radical (unpaired) electrons. The molecule has 2 heterocycles. The van der Waals surface area contributed by atoms with Gasteiger partial charge in [0.15, 0.2) is 0 Å². The summed E-state index contributed by atoms with van der Waals surface area (Å²) >= 11 is 6.82. The van der Waals surface area contributed by atoms with Crippen molar-refractivity contribution in [2.75, 3.05) is 31.3 Å². The highest BCUT2D eigenvalue weighted by molar-refractivity contribution is 8.23. The maximum Gasteiger partial charge on any atom is 0.234 e. The van der Waals surface area contributed by atoms with Gasteiger partial charge in [-0.15, -0.1) is 0 Å². The van der Waals surface area contributed by atoms with Gasteiger partial charge in [0.1, 0.15) is 21.2 Å². The van der Waals surface area contributed by atoms with Gasteiger partial charge < -0.3 is 19.4 Å². The van der Waals surface area contributed by atoms with E-state index in [2.05, 4.69) is 10.2 Å². The lowest BCUT2D eigenvalue weighted by molar-refractivity contribution is -0.113. The number of amides is 1. The molecular weight excluding hydrogens is 380 g/mol. The number of carbonyl (C=O) groups excluding carboxylic acids is 1. The Morgan fingerprint density at radius 2 is 2.00 bits per heavy atom. The molecule has 1 aliphatic heterocycles. The number of hydrogen-bond donors (Lipinski definition) is 1. The zero-order chi connectivity index (χ0) is 18.8. The van der Waals surface area contributed by atoms with Crippen LogP contribution in [0.2, 0.25) is 0 Å². The highest BCUT2D eigenvalue weighted by Gasteiger charge is 2.18. The van der Waals surface area contributed by atoms with Crippen LogP contribution in [0, 0.1) is 0 Å². The van der Waals surface area contributed by atoms with Crippen molar-refractivity contribution in [3.63, 3.8) is 0 Å². The Bertz CT molecular complexity index is 1010. The molecule has 3 aromatic rings. The van der Waals surface area contributed by atoms with Crippen LogP contribution in [-0.2, 0) is 4.79 Å². The fourth-order valence-electron chi connectivity index (χ4n) is 3.32. The predicted octanol–water partition coefficient (Wildman–Crippen LogP) is 4.65. The molecule has 2 aromatic carbocycles. The van der Waals surface area contributed by atoms with Crippen LogP contribution in [0.3, 0.4) is 0 Å². The minimum absolute atomic E-state index is 0.115. The highest BCUT2D eigenvalue weighted by Crippen LogP contribution is 2.36. The number of para-hydroxylation sites is 1. The lowest BCUT2D eigenvalue weighted by atomic mass is 10.1. The number of benzene rings is 2. The Balaban J connectivity index is 1.51. The van der Waals surface area contributed by atoms with Crippen LogP contribution in [0.1, 0.15) is 12.8 Å². The molecule has 0 spiro atoms. The van der Waals surface area contributed by atoms with Crippen LogP contribution in [0.25, 0.3) is 21.9 Å². The van der Waals surface area contributed by atoms with Crippen molar-refractivity contribution in [1.29, 1.82) is 0 Å². The number of nitrogens with zero attached hydrogens (tertiary/aromatic N) is 1. The van der Waals surface area contributed by atoms with Gasteiger partial charge in [-0.2, -0.15) is 0 Å². The summed E-state index contributed by atoms with van der Waals surface area (Å²) in [5, 5.41) is 4.91. The quantitative estimate of drug-likeness (QED) is 0.644. The Morgan fingerprint density at radius 1 is 1.22 bits per heavy atom. The maximum atomic E-state index is 12.4. The number of rotatable bonds is 4. The molecule has 7 heteroatoms. The molecule has 27 heavy (non-hydrogen) atoms. The van der Waals surface area contributed by atoms with Gasteiger partial charge in [0.2, 0.25) is 5.91 Å². The molecule has 0 saturated carbocycles. The number of ether oxygens (including phenoxy) is 1. The van der Waals surface area contributed by atoms with E-state index in [1.54, 1.807) is 7.11 Å². The van der Waals surface area contributed by atoms with E-state index in [4.69, 9.17) is 21.4 Å². The maximum absolute atomic E-state index is 12.4. The Morgan fingerprint density at radius 3 is 2.78 bits per heavy atom. The first-order chi connectivity index (χ1) is 13.2. The molecule has 1 saturated heterocycles. The Labute approximate surface area is 167 Å². The van der Waals surface area contributed by atoms with Crippen LogP contribution in [0.15, 0.2) is 40.8 Å². The number of anilines is 1. The van der Waals surface area contributed by atoms with Crippen molar-refractivity contribution in [2.24, 2.45) is 0 Å². The van der Waals surface area contributed by atoms with Crippen LogP contribution < -0.4 is 10.1 Å². The monoisotopic (exact) mass is 400 g/mol. The molecule has 4 rings (SSSR count). The topological polar surface area (TPSA) is 54.7 Å². The number of thioether (sulfide) groups is 1. The first-order valence-electron chi connectivity index (χ1n) is 8.86. The fraction of sp³-hybridized carbons (Fsp3) is 0.300. The Kier molecular flexibility index (Phi) is 5.22. The molecule has 1 aromatic heterocycles. The average molecular weight is 401 g/mol. The van der Waals surface area contributed by atoms with E-state index in [0.29, 0.717) is 17.0 Å². The van der Waals surface area contributed by atoms with Crippen molar-refractivity contribution >= 4 is 61.8 Å². The van der Waals surface area contributed by atoms with Gasteiger partial charge in [0.05, 0.1) is 18.6 Å². The molecular formula is C20H20N2O3S2. The number of hydrogen-bond acceptors (Lipinski definition) is 5. The number of likely N-dealkylation sites (tertiary alicyclic amines) is 1. The van der Waals surface area contributed by atoms with E-state index >= 15 is 0 Å². The van der Waals surface area contributed by atoms with Gasteiger partial charge in [0.25, 0.3) is 0 Å². The number of furan rings is 1. The molecule has 1 fully saturated rings. The largest absolute Gasteiger partial charge is 0.495 e. The molecule has 5 nitrogen and oxygen atoms in total. The summed E-state index contributed by atoms with van der Waals surface area (Å²) in [7, 11) is 1.59. The second-order valence-electron chi connectivity index (χ2n) is 6.44. The minimum atomic E-state index is -0.115. The number of nitrogens with one attached hydrogen (secondary N) is 1. The third-order valence-corrected chi connectivity index (χ3v) is 6.19. The van der Waals surface area contributed by atoms with E-state index in [1.807, 2.05) is 36.4 Å². The molecule has 1 aliphatic rings. The summed E-state index contributed by atoms with van der Waals surface area (Å²) in [5.74, 6) is 0.765. The smallest absolute Gasteiger partial charge is 0.234 e. The molecule has 1 amide bonds. The first kappa shape index (κ1) is 18.1. The summed E-state index contributed by atoms with van der Waals surface area (Å²) < 4.78 is 12.2. The number of thiocarbonyl (C=S) groups is 1. The van der Waals surface area contributed by atoms with Crippen LogP contribution in [0.5, 0.6) is 5.75 Å². The third kappa shape index (κ3) is 3.75. The minimum Gasteiger partial charge on any atom is -0.495 e. The molecule has 0 aliphatic carbocycles. The summed E-state index contributed by atoms with van der Waals surface area (Å²) in [6.45, 7) is 1.98. The van der Waals surface area contributed by atoms with Crippen molar-refractivity contribution in [3.05, 3.63) is 36.4 Å². The van der Waals surface area contributed by atoms with Crippen molar-refractivity contribution in [3.8, 4) is 5.75 Å². The zero-order valence-corrected chi connectivity index (χ0v) is 16.6. The van der Waals surface area contributed by atoms with E-state index in [1.165, 1.54) is 24.6 Å². The van der Waals surface area contributed by atoms with Crippen LogP contribution in [0.4, 0.5) is 5.69 Å². The van der Waals surface area contributed by atoms with Gasteiger partial charge in [-0.05, 0) is 25.0 Å².